The van der Waals surface area contributed by atoms with E-state index in [0.717, 1.165) is 50.5 Å². The third-order valence-corrected chi connectivity index (χ3v) is 3.86. The molecular formula is C21H41N3O. The molecule has 0 spiro atoms. The lowest BCUT2D eigenvalue weighted by molar-refractivity contribution is 0.134. The first kappa shape index (κ1) is 23.7. The molecule has 0 saturated carbocycles. The van der Waals surface area contributed by atoms with Crippen LogP contribution in [0.25, 0.3) is 0 Å². The summed E-state index contributed by atoms with van der Waals surface area (Å²) in [5.74, 6) is 0. The van der Waals surface area contributed by atoms with Crippen molar-refractivity contribution in [3.8, 4) is 0 Å². The highest BCUT2D eigenvalue weighted by atomic mass is 16.5. The molecule has 0 amide bonds. The lowest BCUT2D eigenvalue weighted by atomic mass is 10.1. The maximum absolute atomic E-state index is 5.59. The summed E-state index contributed by atoms with van der Waals surface area (Å²) in [7, 11) is 0. The predicted molar refractivity (Wildman–Crippen MR) is 112 cm³/mol. The number of nitrogens with one attached hydrogen (secondary N) is 1. The SMILES string of the molecule is CCCCCCCCCN.CCCOCCCNc1ccc(N)cc1. The van der Waals surface area contributed by atoms with Gasteiger partial charge in [0.2, 0.25) is 0 Å². The Hall–Kier alpha value is -1.26. The summed E-state index contributed by atoms with van der Waals surface area (Å²) >= 11 is 0. The van der Waals surface area contributed by atoms with Gasteiger partial charge in [0.15, 0.2) is 0 Å². The van der Waals surface area contributed by atoms with Crippen LogP contribution in [-0.4, -0.2) is 26.3 Å². The summed E-state index contributed by atoms with van der Waals surface area (Å²) in [6, 6.07) is 7.77. The van der Waals surface area contributed by atoms with E-state index in [1.807, 2.05) is 24.3 Å². The van der Waals surface area contributed by atoms with Crippen molar-refractivity contribution in [2.75, 3.05) is 37.4 Å². The van der Waals surface area contributed by atoms with E-state index in [-0.39, 0.29) is 0 Å². The van der Waals surface area contributed by atoms with Crippen molar-refractivity contribution >= 4 is 11.4 Å². The molecule has 25 heavy (non-hydrogen) atoms. The van der Waals surface area contributed by atoms with Gasteiger partial charge in [0.05, 0.1) is 0 Å². The molecule has 0 aliphatic carbocycles. The number of rotatable bonds is 14. The zero-order valence-corrected chi connectivity index (χ0v) is 16.6. The van der Waals surface area contributed by atoms with E-state index in [1.54, 1.807) is 0 Å². The summed E-state index contributed by atoms with van der Waals surface area (Å²) in [5.41, 5.74) is 12.9. The van der Waals surface area contributed by atoms with Gasteiger partial charge in [-0.25, -0.2) is 0 Å². The van der Waals surface area contributed by atoms with Gasteiger partial charge in [0.25, 0.3) is 0 Å². The maximum Gasteiger partial charge on any atom is 0.0482 e. The van der Waals surface area contributed by atoms with Crippen molar-refractivity contribution in [3.63, 3.8) is 0 Å². The monoisotopic (exact) mass is 351 g/mol. The minimum atomic E-state index is 0.798. The molecule has 0 fully saturated rings. The number of anilines is 2. The number of hydrogen-bond acceptors (Lipinski definition) is 4. The Labute approximate surface area is 155 Å². The Morgan fingerprint density at radius 3 is 2.04 bits per heavy atom. The third-order valence-electron chi connectivity index (χ3n) is 3.86. The van der Waals surface area contributed by atoms with Crippen LogP contribution in [0.3, 0.4) is 0 Å². The molecule has 0 bridgehead atoms. The van der Waals surface area contributed by atoms with E-state index in [4.69, 9.17) is 16.2 Å². The minimum absolute atomic E-state index is 0.798. The molecule has 1 aromatic carbocycles. The fourth-order valence-corrected chi connectivity index (χ4v) is 2.36. The van der Waals surface area contributed by atoms with Crippen molar-refractivity contribution in [1.82, 2.24) is 0 Å². The highest BCUT2D eigenvalue weighted by molar-refractivity contribution is 5.51. The second-order valence-corrected chi connectivity index (χ2v) is 6.42. The van der Waals surface area contributed by atoms with Crippen molar-refractivity contribution in [2.24, 2.45) is 5.73 Å². The van der Waals surface area contributed by atoms with Crippen LogP contribution in [0.4, 0.5) is 11.4 Å². The van der Waals surface area contributed by atoms with E-state index in [9.17, 15) is 0 Å². The van der Waals surface area contributed by atoms with Crippen molar-refractivity contribution in [1.29, 1.82) is 0 Å². The molecule has 0 aromatic heterocycles. The van der Waals surface area contributed by atoms with E-state index in [2.05, 4.69) is 19.2 Å². The normalized spacial score (nSPS) is 10.2. The standard InChI is InChI=1S/C12H20N2O.C9H21N/c1-2-9-15-10-3-8-14-12-6-4-11(13)5-7-12;1-2-3-4-5-6-7-8-9-10/h4-7,14H,2-3,8-10,13H2,1H3;2-10H2,1H3. The molecule has 4 nitrogen and oxygen atoms in total. The Morgan fingerprint density at radius 2 is 1.44 bits per heavy atom. The minimum Gasteiger partial charge on any atom is -0.399 e. The quantitative estimate of drug-likeness (QED) is 0.318. The van der Waals surface area contributed by atoms with E-state index in [0.29, 0.717) is 0 Å². The predicted octanol–water partition coefficient (Wildman–Crippen LogP) is 5.19. The Bertz CT molecular complexity index is 360. The fourth-order valence-electron chi connectivity index (χ4n) is 2.36. The van der Waals surface area contributed by atoms with Crippen molar-refractivity contribution in [3.05, 3.63) is 24.3 Å². The number of nitrogen functional groups attached to an aromatic ring is 1. The van der Waals surface area contributed by atoms with Gasteiger partial charge in [-0.1, -0.05) is 52.4 Å². The van der Waals surface area contributed by atoms with Crippen LogP contribution in [0.5, 0.6) is 0 Å². The van der Waals surface area contributed by atoms with E-state index >= 15 is 0 Å². The first-order valence-electron chi connectivity index (χ1n) is 10.1. The van der Waals surface area contributed by atoms with Crippen molar-refractivity contribution < 1.29 is 4.74 Å². The number of benzene rings is 1. The molecule has 4 heteroatoms. The average molecular weight is 352 g/mol. The van der Waals surface area contributed by atoms with Crippen LogP contribution in [0.2, 0.25) is 0 Å². The summed E-state index contributed by atoms with van der Waals surface area (Å²) in [5, 5.41) is 3.31. The van der Waals surface area contributed by atoms with Gasteiger partial charge >= 0.3 is 0 Å². The molecule has 0 heterocycles. The Kier molecular flexibility index (Phi) is 18.1. The summed E-state index contributed by atoms with van der Waals surface area (Å²) in [4.78, 5) is 0. The molecule has 0 unspecified atom stereocenters. The molecular weight excluding hydrogens is 310 g/mol. The first-order valence-corrected chi connectivity index (χ1v) is 10.1. The second kappa shape index (κ2) is 19.1. The van der Waals surface area contributed by atoms with Gasteiger partial charge in [-0.3, -0.25) is 0 Å². The van der Waals surface area contributed by atoms with Crippen LogP contribution >= 0.6 is 0 Å². The summed E-state index contributed by atoms with van der Waals surface area (Å²) in [6.07, 6.45) is 11.6. The lowest BCUT2D eigenvalue weighted by Crippen LogP contribution is -2.06. The van der Waals surface area contributed by atoms with Crippen LogP contribution in [0, 0.1) is 0 Å². The highest BCUT2D eigenvalue weighted by Gasteiger charge is 1.92. The molecule has 0 saturated heterocycles. The molecule has 1 rings (SSSR count). The number of hydrogen-bond donors (Lipinski definition) is 3. The Morgan fingerprint density at radius 1 is 0.800 bits per heavy atom. The molecule has 0 atom stereocenters. The first-order chi connectivity index (χ1) is 12.2. The molecule has 0 radical (unpaired) electrons. The summed E-state index contributed by atoms with van der Waals surface area (Å²) in [6.45, 7) is 7.87. The van der Waals surface area contributed by atoms with Gasteiger partial charge in [-0.2, -0.15) is 0 Å². The highest BCUT2D eigenvalue weighted by Crippen LogP contribution is 2.10. The van der Waals surface area contributed by atoms with Gasteiger partial charge in [0, 0.05) is 31.1 Å². The van der Waals surface area contributed by atoms with Gasteiger partial charge in [-0.15, -0.1) is 0 Å². The average Bonchev–Trinajstić information content (AvgIpc) is 2.63. The largest absolute Gasteiger partial charge is 0.399 e. The number of ether oxygens (including phenoxy) is 1. The zero-order valence-electron chi connectivity index (χ0n) is 16.6. The third kappa shape index (κ3) is 17.4. The molecule has 5 N–H and O–H groups in total. The fraction of sp³-hybridized carbons (Fsp3) is 0.714. The van der Waals surface area contributed by atoms with E-state index < -0.39 is 0 Å². The van der Waals surface area contributed by atoms with Crippen LogP contribution in [-0.2, 0) is 4.74 Å². The van der Waals surface area contributed by atoms with Crippen molar-refractivity contribution in [2.45, 2.75) is 71.6 Å². The molecule has 0 aliphatic rings. The number of nitrogens with two attached hydrogens (primary N) is 2. The second-order valence-electron chi connectivity index (χ2n) is 6.42. The lowest BCUT2D eigenvalue weighted by Gasteiger charge is -2.06. The van der Waals surface area contributed by atoms with Gasteiger partial charge < -0.3 is 21.5 Å². The van der Waals surface area contributed by atoms with Crippen LogP contribution in [0.15, 0.2) is 24.3 Å². The van der Waals surface area contributed by atoms with Crippen LogP contribution in [0.1, 0.15) is 71.6 Å². The van der Waals surface area contributed by atoms with E-state index in [1.165, 1.54) is 44.9 Å². The smallest absolute Gasteiger partial charge is 0.0482 e. The summed E-state index contributed by atoms with van der Waals surface area (Å²) < 4.78 is 5.38. The number of unbranched alkanes of at least 4 members (excludes halogenated alkanes) is 6. The maximum atomic E-state index is 5.59. The topological polar surface area (TPSA) is 73.3 Å². The molecule has 1 aromatic rings. The Balaban J connectivity index is 0.000000504. The zero-order chi connectivity index (χ0) is 18.6. The van der Waals surface area contributed by atoms with Gasteiger partial charge in [-0.05, 0) is 50.1 Å². The molecule has 146 valence electrons. The van der Waals surface area contributed by atoms with Crippen LogP contribution < -0.4 is 16.8 Å². The molecule has 0 aliphatic heterocycles. The van der Waals surface area contributed by atoms with Gasteiger partial charge in [0.1, 0.15) is 0 Å².